The molecule has 0 unspecified atom stereocenters. The van der Waals surface area contributed by atoms with Gasteiger partial charge in [-0.25, -0.2) is 0 Å². The quantitative estimate of drug-likeness (QED) is 0.587. The number of amides is 2. The smallest absolute Gasteiger partial charge is 0.307 e. The van der Waals surface area contributed by atoms with Crippen molar-refractivity contribution in [3.8, 4) is 0 Å². The van der Waals surface area contributed by atoms with E-state index in [0.717, 1.165) is 0 Å². The molecule has 3 aliphatic carbocycles. The van der Waals surface area contributed by atoms with Crippen LogP contribution in [0, 0.1) is 17.8 Å². The van der Waals surface area contributed by atoms with Gasteiger partial charge in [-0.1, -0.05) is 0 Å². The Bertz CT molecular complexity index is 636. The van der Waals surface area contributed by atoms with Gasteiger partial charge in [0.25, 0.3) is 0 Å². The van der Waals surface area contributed by atoms with Crippen LogP contribution in [0.3, 0.4) is 0 Å². The van der Waals surface area contributed by atoms with E-state index in [1.54, 1.807) is 6.92 Å². The van der Waals surface area contributed by atoms with Gasteiger partial charge >= 0.3 is 11.9 Å². The summed E-state index contributed by atoms with van der Waals surface area (Å²) in [7, 11) is 0. The molecule has 0 aromatic heterocycles. The molecule has 1 saturated heterocycles. The van der Waals surface area contributed by atoms with Crippen LogP contribution in [0.1, 0.15) is 33.6 Å². The van der Waals surface area contributed by atoms with E-state index in [4.69, 9.17) is 9.47 Å². The van der Waals surface area contributed by atoms with E-state index in [2.05, 4.69) is 5.32 Å². The molecule has 4 rings (SSSR count). The fourth-order valence-corrected chi connectivity index (χ4v) is 4.17. The Morgan fingerprint density at radius 1 is 1.18 bits per heavy atom. The first-order chi connectivity index (χ1) is 10.3. The number of carbonyl (C=O) groups excluding carboxylic acids is 4. The van der Waals surface area contributed by atoms with Crippen LogP contribution in [-0.4, -0.2) is 29.4 Å². The summed E-state index contributed by atoms with van der Waals surface area (Å²) in [4.78, 5) is 47.3. The summed E-state index contributed by atoms with van der Waals surface area (Å²) in [6.45, 7) is 4.23. The summed E-state index contributed by atoms with van der Waals surface area (Å²) in [5.74, 6) is -3.23. The summed E-state index contributed by atoms with van der Waals surface area (Å²) in [6.07, 6.45) is 0.963. The molecule has 0 aromatic carbocycles. The molecule has 7 heteroatoms. The van der Waals surface area contributed by atoms with Gasteiger partial charge in [-0.05, 0) is 19.8 Å². The van der Waals surface area contributed by atoms with Crippen LogP contribution in [-0.2, 0) is 28.7 Å². The number of fused-ring (bicyclic) bond motifs is 1. The lowest BCUT2D eigenvalue weighted by atomic mass is 9.56. The summed E-state index contributed by atoms with van der Waals surface area (Å²) >= 11 is 0. The number of hydrogen-bond donors (Lipinski definition) is 1. The van der Waals surface area contributed by atoms with Crippen molar-refractivity contribution in [3.63, 3.8) is 0 Å². The molecule has 7 nitrogen and oxygen atoms in total. The molecule has 22 heavy (non-hydrogen) atoms. The Kier molecular flexibility index (Phi) is 3.12. The predicted molar refractivity (Wildman–Crippen MR) is 71.8 cm³/mol. The van der Waals surface area contributed by atoms with Crippen molar-refractivity contribution < 1.29 is 28.7 Å². The lowest BCUT2D eigenvalue weighted by molar-refractivity contribution is -0.175. The van der Waals surface area contributed by atoms with Gasteiger partial charge in [0.15, 0.2) is 0 Å². The molecule has 4 atom stereocenters. The summed E-state index contributed by atoms with van der Waals surface area (Å²) in [5.41, 5.74) is -0.646. The summed E-state index contributed by atoms with van der Waals surface area (Å²) in [6, 6.07) is 0. The Morgan fingerprint density at radius 2 is 1.86 bits per heavy atom. The molecule has 1 aliphatic heterocycles. The third-order valence-electron chi connectivity index (χ3n) is 4.87. The maximum Gasteiger partial charge on any atom is 0.307 e. The number of esters is 2. The zero-order chi connectivity index (χ0) is 16.2. The van der Waals surface area contributed by atoms with Crippen molar-refractivity contribution in [3.05, 3.63) is 11.3 Å². The van der Waals surface area contributed by atoms with Crippen molar-refractivity contribution in [2.45, 2.75) is 39.2 Å². The normalized spacial score (nSPS) is 36.0. The highest BCUT2D eigenvalue weighted by atomic mass is 16.6. The fraction of sp³-hybridized carbons (Fsp3) is 0.600. The minimum absolute atomic E-state index is 0.335. The molecule has 0 spiro atoms. The maximum atomic E-state index is 12.2. The van der Waals surface area contributed by atoms with Crippen LogP contribution >= 0.6 is 0 Å². The predicted octanol–water partition coefficient (Wildman–Crippen LogP) is 0.438. The monoisotopic (exact) mass is 307 g/mol. The summed E-state index contributed by atoms with van der Waals surface area (Å²) < 4.78 is 10.8. The van der Waals surface area contributed by atoms with Crippen LogP contribution in [0.15, 0.2) is 11.3 Å². The van der Waals surface area contributed by atoms with Gasteiger partial charge in [-0.15, -0.1) is 0 Å². The Labute approximate surface area is 127 Å². The van der Waals surface area contributed by atoms with Gasteiger partial charge in [0.05, 0.1) is 11.8 Å². The number of rotatable bonds is 2. The fourth-order valence-electron chi connectivity index (χ4n) is 4.17. The van der Waals surface area contributed by atoms with Crippen LogP contribution in [0.5, 0.6) is 0 Å². The van der Waals surface area contributed by atoms with E-state index in [9.17, 15) is 19.2 Å². The first-order valence-corrected chi connectivity index (χ1v) is 7.22. The molecule has 2 amide bonds. The number of allylic oxidation sites excluding steroid dienone is 1. The van der Waals surface area contributed by atoms with Crippen LogP contribution in [0.2, 0.25) is 0 Å². The second-order valence-corrected chi connectivity index (χ2v) is 6.07. The first-order valence-electron chi connectivity index (χ1n) is 7.22. The van der Waals surface area contributed by atoms with Crippen molar-refractivity contribution in [1.29, 1.82) is 0 Å². The lowest BCUT2D eigenvalue weighted by Crippen LogP contribution is -2.58. The molecule has 1 heterocycles. The van der Waals surface area contributed by atoms with E-state index in [0.29, 0.717) is 24.2 Å². The van der Waals surface area contributed by atoms with Crippen LogP contribution in [0.25, 0.3) is 0 Å². The van der Waals surface area contributed by atoms with E-state index in [-0.39, 0.29) is 5.92 Å². The van der Waals surface area contributed by atoms with E-state index in [1.165, 1.54) is 13.8 Å². The van der Waals surface area contributed by atoms with Gasteiger partial charge < -0.3 is 9.47 Å². The van der Waals surface area contributed by atoms with Crippen LogP contribution < -0.4 is 5.32 Å². The zero-order valence-electron chi connectivity index (χ0n) is 12.6. The Hall–Kier alpha value is -2.18. The molecular weight excluding hydrogens is 290 g/mol. The number of ether oxygens (including phenoxy) is 2. The van der Waals surface area contributed by atoms with Crippen molar-refractivity contribution in [1.82, 2.24) is 5.32 Å². The minimum Gasteiger partial charge on any atom is -0.454 e. The minimum atomic E-state index is -1.20. The molecule has 4 aliphatic rings. The highest BCUT2D eigenvalue weighted by molar-refractivity contribution is 6.07. The average Bonchev–Trinajstić information content (AvgIpc) is 2.71. The second kappa shape index (κ2) is 4.66. The number of nitrogens with one attached hydrogen (secondary N) is 1. The molecule has 2 fully saturated rings. The van der Waals surface area contributed by atoms with Crippen molar-refractivity contribution >= 4 is 23.8 Å². The van der Waals surface area contributed by atoms with Crippen molar-refractivity contribution in [2.75, 3.05) is 0 Å². The topological polar surface area (TPSA) is 98.8 Å². The third-order valence-corrected chi connectivity index (χ3v) is 4.87. The Balaban J connectivity index is 2.17. The number of carbonyl (C=O) groups is 4. The standard InChI is InChI=1S/C15H17NO6/c1-6-12(21-7(2)17)9-4-5-15(6,22-8(3)18)11-10(9)13(19)16-14(11)20/h9-11H,4-5H2,1-3H3,(H,16,19,20)/t9-,10-,11-,15-/m0/s1. The van der Waals surface area contributed by atoms with Crippen molar-refractivity contribution in [2.24, 2.45) is 17.8 Å². The van der Waals surface area contributed by atoms with Crippen LogP contribution in [0.4, 0.5) is 0 Å². The lowest BCUT2D eigenvalue weighted by Gasteiger charge is -2.51. The zero-order valence-corrected chi connectivity index (χ0v) is 12.6. The first kappa shape index (κ1) is 14.7. The van der Waals surface area contributed by atoms with E-state index in [1.807, 2.05) is 0 Å². The summed E-state index contributed by atoms with van der Waals surface area (Å²) in [5, 5.41) is 2.32. The highest BCUT2D eigenvalue weighted by Gasteiger charge is 2.67. The van der Waals surface area contributed by atoms with Gasteiger partial charge in [-0.3, -0.25) is 24.5 Å². The Morgan fingerprint density at radius 3 is 2.45 bits per heavy atom. The molecule has 1 N–H and O–H groups in total. The van der Waals surface area contributed by atoms with E-state index >= 15 is 0 Å². The molecule has 0 radical (unpaired) electrons. The maximum absolute atomic E-state index is 12.2. The van der Waals surface area contributed by atoms with E-state index < -0.39 is 41.2 Å². The SMILES string of the molecule is CC(=O)OC1=C(C)[C@@]2(OC(C)=O)CC[C@H]1[C@@H]1C(=O)NC(=O)[C@H]12. The highest BCUT2D eigenvalue weighted by Crippen LogP contribution is 2.57. The average molecular weight is 307 g/mol. The largest absolute Gasteiger partial charge is 0.454 e. The molecular formula is C15H17NO6. The molecule has 0 aromatic rings. The number of hydrogen-bond acceptors (Lipinski definition) is 6. The molecule has 1 saturated carbocycles. The number of imide groups is 1. The second-order valence-electron chi connectivity index (χ2n) is 6.07. The third kappa shape index (κ3) is 1.81. The molecule has 2 bridgehead atoms. The molecule has 118 valence electrons. The van der Waals surface area contributed by atoms with Gasteiger partial charge in [0.1, 0.15) is 11.4 Å². The van der Waals surface area contributed by atoms with Gasteiger partial charge in [0.2, 0.25) is 11.8 Å². The van der Waals surface area contributed by atoms with Gasteiger partial charge in [-0.2, -0.15) is 0 Å². The van der Waals surface area contributed by atoms with Gasteiger partial charge in [0, 0.05) is 25.3 Å².